The van der Waals surface area contributed by atoms with Crippen LogP contribution in [0.4, 0.5) is 0 Å². The maximum absolute atomic E-state index is 4.57. The quantitative estimate of drug-likeness (QED) is 0.324. The van der Waals surface area contributed by atoms with Gasteiger partial charge in [0.2, 0.25) is 0 Å². The Hall–Kier alpha value is -1.61. The molecule has 2 aromatic heterocycles. The van der Waals surface area contributed by atoms with Crippen LogP contribution in [0.3, 0.4) is 0 Å². The van der Waals surface area contributed by atoms with Gasteiger partial charge in [-0.05, 0) is 34.5 Å². The highest BCUT2D eigenvalue weighted by Gasteiger charge is 2.03. The first-order chi connectivity index (χ1) is 10.8. The minimum atomic E-state index is 0. The molecule has 0 radical (unpaired) electrons. The number of H-pyrrole nitrogens is 1. The molecule has 3 rings (SSSR count). The number of nitrogens with one attached hydrogen (secondary N) is 3. The Labute approximate surface area is 156 Å². The summed E-state index contributed by atoms with van der Waals surface area (Å²) < 4.78 is 0. The van der Waals surface area contributed by atoms with Crippen molar-refractivity contribution in [2.24, 2.45) is 4.99 Å². The number of aromatic amines is 1. The monoisotopic (exact) mass is 441 g/mol. The molecule has 3 aromatic rings. The van der Waals surface area contributed by atoms with E-state index < -0.39 is 0 Å². The molecule has 0 unspecified atom stereocenters. The zero-order valence-corrected chi connectivity index (χ0v) is 16.0. The number of imidazole rings is 1. The fraction of sp³-hybridized carbons (Fsp3) is 0.250. The summed E-state index contributed by atoms with van der Waals surface area (Å²) >= 11 is 1.70. The average Bonchev–Trinajstić information content (AvgIpc) is 3.19. The molecule has 2 heterocycles. The molecule has 0 saturated heterocycles. The van der Waals surface area contributed by atoms with Gasteiger partial charge in [0.1, 0.15) is 5.82 Å². The highest BCUT2D eigenvalue weighted by molar-refractivity contribution is 14.0. The largest absolute Gasteiger partial charge is 0.356 e. The van der Waals surface area contributed by atoms with E-state index in [2.05, 4.69) is 42.4 Å². The molecule has 0 spiro atoms. The number of halogens is 1. The summed E-state index contributed by atoms with van der Waals surface area (Å²) in [6.07, 6.45) is 0.827. The van der Waals surface area contributed by atoms with Crippen LogP contribution in [0.2, 0.25) is 0 Å². The van der Waals surface area contributed by atoms with Crippen LogP contribution in [0, 0.1) is 0 Å². The number of guanidine groups is 1. The van der Waals surface area contributed by atoms with Gasteiger partial charge < -0.3 is 15.6 Å². The van der Waals surface area contributed by atoms with Gasteiger partial charge in [-0.25, -0.2) is 4.98 Å². The van der Waals surface area contributed by atoms with Gasteiger partial charge in [-0.2, -0.15) is 11.3 Å². The average molecular weight is 441 g/mol. The first-order valence-corrected chi connectivity index (χ1v) is 8.18. The number of para-hydroxylation sites is 2. The number of thiophene rings is 1. The molecular weight excluding hydrogens is 421 g/mol. The summed E-state index contributed by atoms with van der Waals surface area (Å²) in [5.41, 5.74) is 3.36. The molecule has 0 aliphatic rings. The van der Waals surface area contributed by atoms with E-state index in [9.17, 15) is 0 Å². The van der Waals surface area contributed by atoms with Gasteiger partial charge >= 0.3 is 0 Å². The predicted octanol–water partition coefficient (Wildman–Crippen LogP) is 3.15. The van der Waals surface area contributed by atoms with Crippen molar-refractivity contribution in [2.45, 2.75) is 13.0 Å². The summed E-state index contributed by atoms with van der Waals surface area (Å²) in [4.78, 5) is 12.1. The molecule has 0 aliphatic carbocycles. The number of aromatic nitrogens is 2. The van der Waals surface area contributed by atoms with Crippen molar-refractivity contribution in [3.8, 4) is 0 Å². The van der Waals surface area contributed by atoms with Crippen LogP contribution in [0.5, 0.6) is 0 Å². The first-order valence-electron chi connectivity index (χ1n) is 7.24. The molecule has 122 valence electrons. The third-order valence-electron chi connectivity index (χ3n) is 3.36. The summed E-state index contributed by atoms with van der Waals surface area (Å²) in [6.45, 7) is 1.57. The smallest absolute Gasteiger partial charge is 0.191 e. The standard InChI is InChI=1S/C16H19N5S.HI/c1-17-16(19-10-12-7-9-22-11-12)18-8-6-15-20-13-4-2-3-5-14(13)21-15;/h2-5,7,9,11H,6,8,10H2,1H3,(H,20,21)(H2,17,18,19);1H. The topological polar surface area (TPSA) is 65.1 Å². The van der Waals surface area contributed by atoms with Crippen molar-refractivity contribution in [1.29, 1.82) is 0 Å². The lowest BCUT2D eigenvalue weighted by Crippen LogP contribution is -2.37. The number of hydrogen-bond acceptors (Lipinski definition) is 3. The molecule has 0 bridgehead atoms. The van der Waals surface area contributed by atoms with E-state index in [0.717, 1.165) is 42.3 Å². The number of fused-ring (bicyclic) bond motifs is 1. The van der Waals surface area contributed by atoms with E-state index in [4.69, 9.17) is 0 Å². The van der Waals surface area contributed by atoms with Crippen molar-refractivity contribution in [1.82, 2.24) is 20.6 Å². The molecule has 0 atom stereocenters. The third kappa shape index (κ3) is 4.93. The molecule has 1 aromatic carbocycles. The van der Waals surface area contributed by atoms with Crippen molar-refractivity contribution in [2.75, 3.05) is 13.6 Å². The normalized spacial score (nSPS) is 11.3. The Morgan fingerprint density at radius 1 is 1.26 bits per heavy atom. The minimum absolute atomic E-state index is 0. The predicted molar refractivity (Wildman–Crippen MR) is 108 cm³/mol. The van der Waals surface area contributed by atoms with E-state index >= 15 is 0 Å². The molecular formula is C16H20IN5S. The van der Waals surface area contributed by atoms with E-state index in [0.29, 0.717) is 0 Å². The van der Waals surface area contributed by atoms with Crippen molar-refractivity contribution < 1.29 is 0 Å². The van der Waals surface area contributed by atoms with Crippen LogP contribution in [-0.2, 0) is 13.0 Å². The number of aliphatic imine (C=N–C) groups is 1. The second-order valence-corrected chi connectivity index (χ2v) is 5.71. The van der Waals surface area contributed by atoms with Crippen LogP contribution in [0.25, 0.3) is 11.0 Å². The lowest BCUT2D eigenvalue weighted by Gasteiger charge is -2.10. The zero-order chi connectivity index (χ0) is 15.2. The number of rotatable bonds is 5. The summed E-state index contributed by atoms with van der Waals surface area (Å²) in [6, 6.07) is 10.2. The Bertz CT molecular complexity index is 718. The molecule has 23 heavy (non-hydrogen) atoms. The van der Waals surface area contributed by atoms with Crippen LogP contribution in [0.15, 0.2) is 46.1 Å². The highest BCUT2D eigenvalue weighted by Crippen LogP contribution is 2.10. The Morgan fingerprint density at radius 3 is 2.87 bits per heavy atom. The Balaban J connectivity index is 0.00000192. The SMILES string of the molecule is CN=C(NCCc1nc2ccccc2[nH]1)NCc1ccsc1.I. The molecule has 0 amide bonds. The van der Waals surface area contributed by atoms with Gasteiger partial charge in [-0.15, -0.1) is 24.0 Å². The second kappa shape index (κ2) is 8.88. The van der Waals surface area contributed by atoms with Crippen LogP contribution in [0.1, 0.15) is 11.4 Å². The van der Waals surface area contributed by atoms with E-state index in [-0.39, 0.29) is 24.0 Å². The molecule has 7 heteroatoms. The summed E-state index contributed by atoms with van der Waals surface area (Å²) in [5, 5.41) is 10.8. The van der Waals surface area contributed by atoms with E-state index in [1.807, 2.05) is 24.3 Å². The zero-order valence-electron chi connectivity index (χ0n) is 12.9. The maximum Gasteiger partial charge on any atom is 0.191 e. The Morgan fingerprint density at radius 2 is 2.13 bits per heavy atom. The van der Waals surface area contributed by atoms with Crippen LogP contribution < -0.4 is 10.6 Å². The van der Waals surface area contributed by atoms with Crippen molar-refractivity contribution in [3.05, 3.63) is 52.5 Å². The minimum Gasteiger partial charge on any atom is -0.356 e. The molecule has 3 N–H and O–H groups in total. The van der Waals surface area contributed by atoms with Crippen molar-refractivity contribution in [3.63, 3.8) is 0 Å². The van der Waals surface area contributed by atoms with Gasteiger partial charge in [0.05, 0.1) is 11.0 Å². The highest BCUT2D eigenvalue weighted by atomic mass is 127. The molecule has 5 nitrogen and oxygen atoms in total. The molecule has 0 fully saturated rings. The Kier molecular flexibility index (Phi) is 6.85. The van der Waals surface area contributed by atoms with Crippen LogP contribution >= 0.6 is 35.3 Å². The fourth-order valence-electron chi connectivity index (χ4n) is 2.22. The first kappa shape index (κ1) is 17.7. The van der Waals surface area contributed by atoms with Gasteiger partial charge in [0.15, 0.2) is 5.96 Å². The van der Waals surface area contributed by atoms with Gasteiger partial charge in [-0.1, -0.05) is 12.1 Å². The van der Waals surface area contributed by atoms with Gasteiger partial charge in [0.25, 0.3) is 0 Å². The third-order valence-corrected chi connectivity index (χ3v) is 4.09. The number of hydrogen-bond donors (Lipinski definition) is 3. The summed E-state index contributed by atoms with van der Waals surface area (Å²) in [7, 11) is 1.78. The number of benzene rings is 1. The fourth-order valence-corrected chi connectivity index (χ4v) is 2.89. The molecule has 0 saturated carbocycles. The van der Waals surface area contributed by atoms with Gasteiger partial charge in [0, 0.05) is 26.6 Å². The lowest BCUT2D eigenvalue weighted by molar-refractivity contribution is 0.777. The maximum atomic E-state index is 4.57. The van der Waals surface area contributed by atoms with Crippen LogP contribution in [-0.4, -0.2) is 29.5 Å². The molecule has 0 aliphatic heterocycles. The lowest BCUT2D eigenvalue weighted by atomic mass is 10.3. The van der Waals surface area contributed by atoms with Gasteiger partial charge in [-0.3, -0.25) is 4.99 Å². The summed E-state index contributed by atoms with van der Waals surface area (Å²) in [5.74, 6) is 1.80. The van der Waals surface area contributed by atoms with E-state index in [1.54, 1.807) is 18.4 Å². The van der Waals surface area contributed by atoms with E-state index in [1.165, 1.54) is 5.56 Å². The van der Waals surface area contributed by atoms with Crippen molar-refractivity contribution >= 4 is 52.3 Å². The second-order valence-electron chi connectivity index (χ2n) is 4.93. The number of nitrogens with zero attached hydrogens (tertiary/aromatic N) is 2.